The van der Waals surface area contributed by atoms with Crippen LogP contribution in [0.5, 0.6) is 5.75 Å². The third-order valence-electron chi connectivity index (χ3n) is 2.60. The van der Waals surface area contributed by atoms with E-state index in [1.807, 2.05) is 0 Å². The van der Waals surface area contributed by atoms with E-state index in [4.69, 9.17) is 9.84 Å². The summed E-state index contributed by atoms with van der Waals surface area (Å²) in [7, 11) is 0. The zero-order valence-electron chi connectivity index (χ0n) is 11.5. The van der Waals surface area contributed by atoms with Crippen LogP contribution >= 0.6 is 0 Å². The number of benzene rings is 1. The summed E-state index contributed by atoms with van der Waals surface area (Å²) in [4.78, 5) is 33.7. The molecule has 6 nitrogen and oxygen atoms in total. The standard InChI is InChI=1S/C14H17NO5/c1-8(2)12(14(18)19)15-13(17)10-4-6-11(7-5-10)20-9(3)16/h4-8,12H,1-3H3,(H,15,17)(H,18,19)/t12-/m1/s1. The molecule has 0 radical (unpaired) electrons. The highest BCUT2D eigenvalue weighted by molar-refractivity contribution is 5.96. The van der Waals surface area contributed by atoms with Gasteiger partial charge in [-0.25, -0.2) is 4.79 Å². The number of carboxylic acid groups (broad SMARTS) is 1. The Kier molecular flexibility index (Phi) is 5.25. The maximum atomic E-state index is 11.9. The maximum absolute atomic E-state index is 11.9. The Morgan fingerprint density at radius 3 is 2.10 bits per heavy atom. The molecule has 0 aliphatic rings. The summed E-state index contributed by atoms with van der Waals surface area (Å²) in [6, 6.07) is 4.93. The van der Waals surface area contributed by atoms with Gasteiger partial charge in [0.2, 0.25) is 0 Å². The van der Waals surface area contributed by atoms with Gasteiger partial charge < -0.3 is 15.2 Å². The lowest BCUT2D eigenvalue weighted by Crippen LogP contribution is -2.44. The number of esters is 1. The number of nitrogens with one attached hydrogen (secondary N) is 1. The van der Waals surface area contributed by atoms with E-state index in [0.717, 1.165) is 0 Å². The van der Waals surface area contributed by atoms with Gasteiger partial charge in [-0.15, -0.1) is 0 Å². The van der Waals surface area contributed by atoms with Crippen LogP contribution in [0.2, 0.25) is 0 Å². The van der Waals surface area contributed by atoms with Crippen LogP contribution in [0.15, 0.2) is 24.3 Å². The first-order valence-electron chi connectivity index (χ1n) is 6.13. The van der Waals surface area contributed by atoms with E-state index in [9.17, 15) is 14.4 Å². The van der Waals surface area contributed by atoms with Crippen molar-refractivity contribution in [1.29, 1.82) is 0 Å². The van der Waals surface area contributed by atoms with Gasteiger partial charge in [-0.3, -0.25) is 9.59 Å². The molecule has 1 aromatic rings. The van der Waals surface area contributed by atoms with Gasteiger partial charge in [0.05, 0.1) is 0 Å². The summed E-state index contributed by atoms with van der Waals surface area (Å²) < 4.78 is 4.84. The van der Waals surface area contributed by atoms with Crippen molar-refractivity contribution >= 4 is 17.8 Å². The second-order valence-corrected chi connectivity index (χ2v) is 4.65. The monoisotopic (exact) mass is 279 g/mol. The SMILES string of the molecule is CC(=O)Oc1ccc(C(=O)N[C@@H](C(=O)O)C(C)C)cc1. The van der Waals surface area contributed by atoms with Gasteiger partial charge in [-0.1, -0.05) is 13.8 Å². The molecule has 0 unspecified atom stereocenters. The normalized spacial score (nSPS) is 11.8. The van der Waals surface area contributed by atoms with Crippen LogP contribution in [0.1, 0.15) is 31.1 Å². The van der Waals surface area contributed by atoms with Gasteiger partial charge in [0.15, 0.2) is 0 Å². The molecule has 1 rings (SSSR count). The lowest BCUT2D eigenvalue weighted by atomic mass is 10.0. The smallest absolute Gasteiger partial charge is 0.326 e. The summed E-state index contributed by atoms with van der Waals surface area (Å²) in [5.41, 5.74) is 0.299. The van der Waals surface area contributed by atoms with Crippen molar-refractivity contribution in [3.8, 4) is 5.75 Å². The van der Waals surface area contributed by atoms with Gasteiger partial charge in [-0.2, -0.15) is 0 Å². The largest absolute Gasteiger partial charge is 0.480 e. The van der Waals surface area contributed by atoms with Gasteiger partial charge in [-0.05, 0) is 30.2 Å². The Morgan fingerprint density at radius 1 is 1.15 bits per heavy atom. The molecule has 1 amide bonds. The molecule has 6 heteroatoms. The van der Waals surface area contributed by atoms with Gasteiger partial charge in [0, 0.05) is 12.5 Å². The second kappa shape index (κ2) is 6.70. The lowest BCUT2D eigenvalue weighted by Gasteiger charge is -2.17. The van der Waals surface area contributed by atoms with Crippen molar-refractivity contribution in [3.05, 3.63) is 29.8 Å². The average molecular weight is 279 g/mol. The molecule has 0 aromatic heterocycles. The van der Waals surface area contributed by atoms with Gasteiger partial charge in [0.1, 0.15) is 11.8 Å². The number of carbonyl (C=O) groups is 3. The Bertz CT molecular complexity index is 507. The number of amides is 1. The van der Waals surface area contributed by atoms with Crippen LogP contribution in [0.25, 0.3) is 0 Å². The molecule has 2 N–H and O–H groups in total. The number of rotatable bonds is 5. The number of hydrogen-bond acceptors (Lipinski definition) is 4. The van der Waals surface area contributed by atoms with E-state index >= 15 is 0 Å². The maximum Gasteiger partial charge on any atom is 0.326 e. The molecular weight excluding hydrogens is 262 g/mol. The molecule has 0 heterocycles. The summed E-state index contributed by atoms with van der Waals surface area (Å²) in [6.45, 7) is 4.70. The van der Waals surface area contributed by atoms with Crippen LogP contribution in [0.3, 0.4) is 0 Å². The minimum atomic E-state index is -1.08. The predicted octanol–water partition coefficient (Wildman–Crippen LogP) is 1.45. The number of hydrogen-bond donors (Lipinski definition) is 2. The van der Waals surface area contributed by atoms with Crippen LogP contribution in [0.4, 0.5) is 0 Å². The molecule has 0 saturated heterocycles. The third kappa shape index (κ3) is 4.38. The fourth-order valence-electron chi connectivity index (χ4n) is 1.58. The number of aliphatic carboxylic acids is 1. The zero-order chi connectivity index (χ0) is 15.3. The highest BCUT2D eigenvalue weighted by Gasteiger charge is 2.23. The molecule has 0 spiro atoms. The van der Waals surface area contributed by atoms with Crippen molar-refractivity contribution in [2.24, 2.45) is 5.92 Å². The van der Waals surface area contributed by atoms with E-state index in [1.54, 1.807) is 13.8 Å². The highest BCUT2D eigenvalue weighted by Crippen LogP contribution is 2.13. The Hall–Kier alpha value is -2.37. The molecule has 0 aliphatic heterocycles. The van der Waals surface area contributed by atoms with E-state index in [0.29, 0.717) is 11.3 Å². The van der Waals surface area contributed by atoms with Crippen molar-refractivity contribution in [2.75, 3.05) is 0 Å². The quantitative estimate of drug-likeness (QED) is 0.628. The summed E-state index contributed by atoms with van der Waals surface area (Å²) in [5.74, 6) is -1.91. The fraction of sp³-hybridized carbons (Fsp3) is 0.357. The molecule has 1 atom stereocenters. The van der Waals surface area contributed by atoms with Crippen molar-refractivity contribution < 1.29 is 24.2 Å². The van der Waals surface area contributed by atoms with Gasteiger partial charge in [0.25, 0.3) is 5.91 Å². The van der Waals surface area contributed by atoms with Crippen LogP contribution in [-0.4, -0.2) is 29.0 Å². The number of carboxylic acids is 1. The van der Waals surface area contributed by atoms with Gasteiger partial charge >= 0.3 is 11.9 Å². The van der Waals surface area contributed by atoms with E-state index in [-0.39, 0.29) is 5.92 Å². The Balaban J connectivity index is 2.77. The van der Waals surface area contributed by atoms with E-state index in [2.05, 4.69) is 5.32 Å². The second-order valence-electron chi connectivity index (χ2n) is 4.65. The predicted molar refractivity (Wildman–Crippen MR) is 71.5 cm³/mol. The first-order valence-corrected chi connectivity index (χ1v) is 6.13. The molecule has 1 aromatic carbocycles. The highest BCUT2D eigenvalue weighted by atomic mass is 16.5. The minimum absolute atomic E-state index is 0.225. The molecule has 20 heavy (non-hydrogen) atoms. The zero-order valence-corrected chi connectivity index (χ0v) is 11.5. The van der Waals surface area contributed by atoms with Crippen molar-refractivity contribution in [2.45, 2.75) is 26.8 Å². The third-order valence-corrected chi connectivity index (χ3v) is 2.60. The molecule has 108 valence electrons. The Morgan fingerprint density at radius 2 is 1.70 bits per heavy atom. The van der Waals surface area contributed by atoms with Crippen molar-refractivity contribution in [3.63, 3.8) is 0 Å². The molecule has 0 saturated carbocycles. The minimum Gasteiger partial charge on any atom is -0.480 e. The van der Waals surface area contributed by atoms with E-state index < -0.39 is 23.9 Å². The molecule has 0 bridgehead atoms. The summed E-state index contributed by atoms with van der Waals surface area (Å²) in [5, 5.41) is 11.5. The van der Waals surface area contributed by atoms with Crippen LogP contribution < -0.4 is 10.1 Å². The van der Waals surface area contributed by atoms with Crippen molar-refractivity contribution in [1.82, 2.24) is 5.32 Å². The summed E-state index contributed by atoms with van der Waals surface area (Å²) >= 11 is 0. The summed E-state index contributed by atoms with van der Waals surface area (Å²) in [6.07, 6.45) is 0. The first-order chi connectivity index (χ1) is 9.31. The average Bonchev–Trinajstić information content (AvgIpc) is 2.35. The van der Waals surface area contributed by atoms with Crippen LogP contribution in [0, 0.1) is 5.92 Å². The fourth-order valence-corrected chi connectivity index (χ4v) is 1.58. The Labute approximate surface area is 116 Å². The number of ether oxygens (including phenoxy) is 1. The van der Waals surface area contributed by atoms with Crippen LogP contribution in [-0.2, 0) is 9.59 Å². The molecular formula is C14H17NO5. The lowest BCUT2D eigenvalue weighted by molar-refractivity contribution is -0.140. The van der Waals surface area contributed by atoms with E-state index in [1.165, 1.54) is 31.2 Å². The topological polar surface area (TPSA) is 92.7 Å². The first kappa shape index (κ1) is 15.7. The molecule has 0 fully saturated rings. The number of carbonyl (C=O) groups excluding carboxylic acids is 2. The molecule has 0 aliphatic carbocycles.